The summed E-state index contributed by atoms with van der Waals surface area (Å²) in [5.74, 6) is 0. The first kappa shape index (κ1) is 17.3. The van der Waals surface area contributed by atoms with Gasteiger partial charge in [0.15, 0.2) is 9.84 Å². The maximum atomic E-state index is 12.0. The molecule has 0 heterocycles. The van der Waals surface area contributed by atoms with Crippen LogP contribution in [0, 0.1) is 6.92 Å². The van der Waals surface area contributed by atoms with E-state index in [2.05, 4.69) is 10.6 Å². The topological polar surface area (TPSA) is 75.3 Å². The standard InChI is InChI=1S/C16H17ClN2O3S/c1-11-3-8-14(23(2,21)22)9-15(11)19-16(20)18-10-12-4-6-13(17)7-5-12/h3-9H,10H2,1-2H3,(H2,18,19,20). The van der Waals surface area contributed by atoms with E-state index in [0.29, 0.717) is 17.3 Å². The molecule has 2 aromatic carbocycles. The van der Waals surface area contributed by atoms with Gasteiger partial charge in [0.1, 0.15) is 0 Å². The number of hydrogen-bond acceptors (Lipinski definition) is 3. The summed E-state index contributed by atoms with van der Waals surface area (Å²) in [6.45, 7) is 2.13. The van der Waals surface area contributed by atoms with Crippen LogP contribution >= 0.6 is 11.6 Å². The number of nitrogens with one attached hydrogen (secondary N) is 2. The number of anilines is 1. The third-order valence-electron chi connectivity index (χ3n) is 3.25. The third kappa shape index (κ3) is 4.97. The first-order valence-corrected chi connectivity index (χ1v) is 9.12. The fourth-order valence-corrected chi connectivity index (χ4v) is 2.69. The summed E-state index contributed by atoms with van der Waals surface area (Å²) in [4.78, 5) is 12.1. The molecule has 2 rings (SSSR count). The molecule has 0 aromatic heterocycles. The molecule has 0 unspecified atom stereocenters. The van der Waals surface area contributed by atoms with E-state index in [4.69, 9.17) is 11.6 Å². The number of amides is 2. The Hall–Kier alpha value is -2.05. The molecular weight excluding hydrogens is 336 g/mol. The number of benzene rings is 2. The van der Waals surface area contributed by atoms with Gasteiger partial charge in [0, 0.05) is 23.5 Å². The Balaban J connectivity index is 2.04. The summed E-state index contributed by atoms with van der Waals surface area (Å²) < 4.78 is 23.2. The van der Waals surface area contributed by atoms with Gasteiger partial charge in [-0.25, -0.2) is 13.2 Å². The van der Waals surface area contributed by atoms with Crippen molar-refractivity contribution in [3.8, 4) is 0 Å². The number of halogens is 1. The van der Waals surface area contributed by atoms with E-state index < -0.39 is 15.9 Å². The van der Waals surface area contributed by atoms with Gasteiger partial charge in [-0.3, -0.25) is 0 Å². The van der Waals surface area contributed by atoms with Crippen molar-refractivity contribution in [1.29, 1.82) is 0 Å². The zero-order valence-corrected chi connectivity index (χ0v) is 14.3. The van der Waals surface area contributed by atoms with Crippen LogP contribution in [0.5, 0.6) is 0 Å². The molecule has 0 saturated heterocycles. The van der Waals surface area contributed by atoms with Crippen molar-refractivity contribution in [2.24, 2.45) is 0 Å². The van der Waals surface area contributed by atoms with Crippen LogP contribution in [0.25, 0.3) is 0 Å². The zero-order valence-electron chi connectivity index (χ0n) is 12.8. The normalized spacial score (nSPS) is 11.1. The number of rotatable bonds is 4. The molecule has 0 atom stereocenters. The lowest BCUT2D eigenvalue weighted by molar-refractivity contribution is 0.251. The SMILES string of the molecule is Cc1ccc(S(C)(=O)=O)cc1NC(=O)NCc1ccc(Cl)cc1. The first-order chi connectivity index (χ1) is 10.8. The fourth-order valence-electron chi connectivity index (χ4n) is 1.92. The quantitative estimate of drug-likeness (QED) is 0.885. The van der Waals surface area contributed by atoms with Crippen molar-refractivity contribution in [2.75, 3.05) is 11.6 Å². The van der Waals surface area contributed by atoms with E-state index >= 15 is 0 Å². The molecule has 0 fully saturated rings. The lowest BCUT2D eigenvalue weighted by atomic mass is 10.2. The van der Waals surface area contributed by atoms with Gasteiger partial charge in [0.2, 0.25) is 0 Å². The number of aryl methyl sites for hydroxylation is 1. The minimum atomic E-state index is -3.32. The van der Waals surface area contributed by atoms with Crippen molar-refractivity contribution in [3.63, 3.8) is 0 Å². The molecule has 0 bridgehead atoms. The van der Waals surface area contributed by atoms with Crippen molar-refractivity contribution < 1.29 is 13.2 Å². The van der Waals surface area contributed by atoms with Gasteiger partial charge < -0.3 is 10.6 Å². The van der Waals surface area contributed by atoms with Gasteiger partial charge in [0.25, 0.3) is 0 Å². The van der Waals surface area contributed by atoms with Crippen molar-refractivity contribution in [2.45, 2.75) is 18.4 Å². The molecule has 2 N–H and O–H groups in total. The average molecular weight is 353 g/mol. The number of carbonyl (C=O) groups is 1. The van der Waals surface area contributed by atoms with E-state index in [9.17, 15) is 13.2 Å². The smallest absolute Gasteiger partial charge is 0.319 e. The molecule has 0 spiro atoms. The predicted molar refractivity (Wildman–Crippen MR) is 91.6 cm³/mol. The summed E-state index contributed by atoms with van der Waals surface area (Å²) in [6, 6.07) is 11.3. The monoisotopic (exact) mass is 352 g/mol. The van der Waals surface area contributed by atoms with Gasteiger partial charge in [-0.05, 0) is 42.3 Å². The Labute approximate surface area is 140 Å². The van der Waals surface area contributed by atoms with Crippen LogP contribution in [0.2, 0.25) is 5.02 Å². The number of hydrogen-bond donors (Lipinski definition) is 2. The molecule has 0 radical (unpaired) electrons. The first-order valence-electron chi connectivity index (χ1n) is 6.86. The Morgan fingerprint density at radius 1 is 1.13 bits per heavy atom. The Kier molecular flexibility index (Phi) is 5.28. The lowest BCUT2D eigenvalue weighted by Gasteiger charge is -2.11. The Morgan fingerprint density at radius 3 is 2.39 bits per heavy atom. The van der Waals surface area contributed by atoms with Gasteiger partial charge >= 0.3 is 6.03 Å². The molecule has 0 aliphatic carbocycles. The fraction of sp³-hybridized carbons (Fsp3) is 0.188. The lowest BCUT2D eigenvalue weighted by Crippen LogP contribution is -2.28. The molecule has 2 amide bonds. The molecule has 2 aromatic rings. The minimum absolute atomic E-state index is 0.163. The molecule has 23 heavy (non-hydrogen) atoms. The highest BCUT2D eigenvalue weighted by molar-refractivity contribution is 7.90. The summed E-state index contributed by atoms with van der Waals surface area (Å²) in [5, 5.41) is 6.00. The van der Waals surface area contributed by atoms with Gasteiger partial charge in [-0.2, -0.15) is 0 Å². The molecule has 0 aliphatic heterocycles. The minimum Gasteiger partial charge on any atom is -0.334 e. The Bertz CT molecular complexity index is 818. The molecule has 7 heteroatoms. The van der Waals surface area contributed by atoms with E-state index in [-0.39, 0.29) is 4.90 Å². The molecule has 0 saturated carbocycles. The van der Waals surface area contributed by atoms with E-state index in [1.807, 2.05) is 12.1 Å². The summed E-state index contributed by atoms with van der Waals surface area (Å²) in [5.41, 5.74) is 2.15. The van der Waals surface area contributed by atoms with Crippen LogP contribution in [0.3, 0.4) is 0 Å². The third-order valence-corrected chi connectivity index (χ3v) is 4.61. The highest BCUT2D eigenvalue weighted by atomic mass is 35.5. The van der Waals surface area contributed by atoms with Crippen LogP contribution < -0.4 is 10.6 Å². The van der Waals surface area contributed by atoms with Crippen molar-refractivity contribution in [1.82, 2.24) is 5.32 Å². The number of sulfone groups is 1. The summed E-state index contributed by atoms with van der Waals surface area (Å²) in [6.07, 6.45) is 1.13. The average Bonchev–Trinajstić information content (AvgIpc) is 2.48. The van der Waals surface area contributed by atoms with Gasteiger partial charge in [0.05, 0.1) is 4.90 Å². The van der Waals surface area contributed by atoms with E-state index in [1.54, 1.807) is 25.1 Å². The van der Waals surface area contributed by atoms with Crippen LogP contribution in [0.4, 0.5) is 10.5 Å². The highest BCUT2D eigenvalue weighted by Crippen LogP contribution is 2.20. The maximum absolute atomic E-state index is 12.0. The van der Waals surface area contributed by atoms with Gasteiger partial charge in [-0.1, -0.05) is 29.8 Å². The van der Waals surface area contributed by atoms with E-state index in [0.717, 1.165) is 17.4 Å². The molecule has 0 aliphatic rings. The van der Waals surface area contributed by atoms with Crippen molar-refractivity contribution in [3.05, 3.63) is 58.6 Å². The number of urea groups is 1. The maximum Gasteiger partial charge on any atom is 0.319 e. The molecule has 5 nitrogen and oxygen atoms in total. The zero-order chi connectivity index (χ0) is 17.0. The van der Waals surface area contributed by atoms with Crippen LogP contribution in [0.15, 0.2) is 47.4 Å². The summed E-state index contributed by atoms with van der Waals surface area (Å²) >= 11 is 5.80. The second-order valence-electron chi connectivity index (χ2n) is 5.18. The second-order valence-corrected chi connectivity index (χ2v) is 7.64. The van der Waals surface area contributed by atoms with E-state index in [1.165, 1.54) is 12.1 Å². The van der Waals surface area contributed by atoms with Crippen molar-refractivity contribution >= 4 is 33.2 Å². The predicted octanol–water partition coefficient (Wildman–Crippen LogP) is 3.37. The second kappa shape index (κ2) is 7.02. The number of carbonyl (C=O) groups excluding carboxylic acids is 1. The largest absolute Gasteiger partial charge is 0.334 e. The summed E-state index contributed by atoms with van der Waals surface area (Å²) in [7, 11) is -3.32. The molecular formula is C16H17ClN2O3S. The van der Waals surface area contributed by atoms with Crippen LogP contribution in [0.1, 0.15) is 11.1 Å². The van der Waals surface area contributed by atoms with Crippen LogP contribution in [-0.2, 0) is 16.4 Å². The van der Waals surface area contributed by atoms with Gasteiger partial charge in [-0.15, -0.1) is 0 Å². The van der Waals surface area contributed by atoms with Crippen LogP contribution in [-0.4, -0.2) is 20.7 Å². The highest BCUT2D eigenvalue weighted by Gasteiger charge is 2.11. The Morgan fingerprint density at radius 2 is 1.78 bits per heavy atom. The molecule has 122 valence electrons.